The third kappa shape index (κ3) is 1.74. The van der Waals surface area contributed by atoms with Crippen LogP contribution in [0, 0.1) is 11.7 Å². The molecule has 16 heavy (non-hydrogen) atoms. The minimum absolute atomic E-state index is 0.293. The smallest absolute Gasteiger partial charge is 0.195 e. The lowest BCUT2D eigenvalue weighted by molar-refractivity contribution is 0.471. The van der Waals surface area contributed by atoms with Crippen molar-refractivity contribution in [1.82, 2.24) is 14.8 Å². The molecule has 1 aromatic carbocycles. The van der Waals surface area contributed by atoms with Crippen molar-refractivity contribution in [2.45, 2.75) is 20.4 Å². The predicted molar refractivity (Wildman–Crippen MR) is 64.9 cm³/mol. The maximum Gasteiger partial charge on any atom is 0.195 e. The molecule has 0 aliphatic rings. The molecular formula is C11H13N3OS. The Kier molecular flexibility index (Phi) is 2.78. The highest BCUT2D eigenvalue weighted by Crippen LogP contribution is 2.23. The molecule has 0 aliphatic heterocycles. The van der Waals surface area contributed by atoms with E-state index in [0.29, 0.717) is 10.5 Å². The molecule has 0 unspecified atom stereocenters. The van der Waals surface area contributed by atoms with Crippen LogP contribution in [0.3, 0.4) is 0 Å². The van der Waals surface area contributed by atoms with Gasteiger partial charge in [0.1, 0.15) is 5.75 Å². The molecule has 2 aromatic rings. The van der Waals surface area contributed by atoms with E-state index >= 15 is 0 Å². The van der Waals surface area contributed by atoms with Crippen molar-refractivity contribution in [3.8, 4) is 17.1 Å². The SMILES string of the molecule is CCn1c(-c2ccc(O)c(C)c2)n[nH]c1=S. The molecule has 0 radical (unpaired) electrons. The van der Waals surface area contributed by atoms with Gasteiger partial charge in [0, 0.05) is 12.1 Å². The highest BCUT2D eigenvalue weighted by Gasteiger charge is 2.08. The maximum absolute atomic E-state index is 9.47. The quantitative estimate of drug-likeness (QED) is 0.787. The van der Waals surface area contributed by atoms with Gasteiger partial charge in [-0.1, -0.05) is 0 Å². The van der Waals surface area contributed by atoms with E-state index in [0.717, 1.165) is 23.5 Å². The second-order valence-corrected chi connectivity index (χ2v) is 3.98. The van der Waals surface area contributed by atoms with Gasteiger partial charge in [-0.3, -0.25) is 5.10 Å². The average molecular weight is 235 g/mol. The Bertz CT molecular complexity index is 571. The second-order valence-electron chi connectivity index (χ2n) is 3.60. The number of aromatic amines is 1. The van der Waals surface area contributed by atoms with Gasteiger partial charge in [-0.25, -0.2) is 0 Å². The third-order valence-electron chi connectivity index (χ3n) is 2.53. The summed E-state index contributed by atoms with van der Waals surface area (Å²) in [6, 6.07) is 5.40. The molecule has 0 saturated heterocycles. The summed E-state index contributed by atoms with van der Waals surface area (Å²) in [5.41, 5.74) is 1.78. The number of H-pyrrole nitrogens is 1. The number of hydrogen-bond acceptors (Lipinski definition) is 3. The van der Waals surface area contributed by atoms with Crippen LogP contribution in [0.25, 0.3) is 11.4 Å². The number of benzene rings is 1. The molecule has 0 aliphatic carbocycles. The molecular weight excluding hydrogens is 222 g/mol. The Morgan fingerprint density at radius 2 is 2.25 bits per heavy atom. The first kappa shape index (κ1) is 10.9. The van der Waals surface area contributed by atoms with E-state index in [9.17, 15) is 5.11 Å². The van der Waals surface area contributed by atoms with E-state index in [4.69, 9.17) is 12.2 Å². The van der Waals surface area contributed by atoms with Crippen LogP contribution in [0.5, 0.6) is 5.75 Å². The Morgan fingerprint density at radius 1 is 1.50 bits per heavy atom. The van der Waals surface area contributed by atoms with Gasteiger partial charge in [0.15, 0.2) is 10.6 Å². The number of aromatic nitrogens is 3. The van der Waals surface area contributed by atoms with Gasteiger partial charge in [-0.05, 0) is 49.8 Å². The summed E-state index contributed by atoms with van der Waals surface area (Å²) in [4.78, 5) is 0. The topological polar surface area (TPSA) is 53.8 Å². The molecule has 2 N–H and O–H groups in total. The number of aromatic hydroxyl groups is 1. The van der Waals surface area contributed by atoms with Crippen molar-refractivity contribution in [2.75, 3.05) is 0 Å². The van der Waals surface area contributed by atoms with Crippen LogP contribution in [-0.2, 0) is 6.54 Å². The molecule has 1 heterocycles. The van der Waals surface area contributed by atoms with Crippen molar-refractivity contribution in [2.24, 2.45) is 0 Å². The van der Waals surface area contributed by atoms with Crippen LogP contribution >= 0.6 is 12.2 Å². The van der Waals surface area contributed by atoms with Gasteiger partial charge in [0.25, 0.3) is 0 Å². The van der Waals surface area contributed by atoms with Crippen molar-refractivity contribution in [3.05, 3.63) is 28.5 Å². The van der Waals surface area contributed by atoms with Crippen molar-refractivity contribution >= 4 is 12.2 Å². The van der Waals surface area contributed by atoms with Crippen molar-refractivity contribution < 1.29 is 5.11 Å². The summed E-state index contributed by atoms with van der Waals surface area (Å²) in [5.74, 6) is 1.09. The van der Waals surface area contributed by atoms with E-state index in [2.05, 4.69) is 10.2 Å². The van der Waals surface area contributed by atoms with Crippen LogP contribution in [0.2, 0.25) is 0 Å². The molecule has 0 atom stereocenters. The number of aryl methyl sites for hydroxylation is 1. The average Bonchev–Trinajstić information content (AvgIpc) is 2.63. The van der Waals surface area contributed by atoms with Crippen LogP contribution in [0.15, 0.2) is 18.2 Å². The lowest BCUT2D eigenvalue weighted by Crippen LogP contribution is -1.97. The van der Waals surface area contributed by atoms with Crippen LogP contribution in [0.1, 0.15) is 12.5 Å². The number of hydrogen-bond donors (Lipinski definition) is 2. The van der Waals surface area contributed by atoms with E-state index in [1.807, 2.05) is 30.5 Å². The van der Waals surface area contributed by atoms with Crippen LogP contribution in [-0.4, -0.2) is 19.9 Å². The Labute approximate surface area is 98.6 Å². The molecule has 5 heteroatoms. The number of phenolic OH excluding ortho intramolecular Hbond substituents is 1. The van der Waals surface area contributed by atoms with E-state index < -0.39 is 0 Å². The summed E-state index contributed by atoms with van der Waals surface area (Å²) in [5, 5.41) is 16.4. The van der Waals surface area contributed by atoms with Gasteiger partial charge < -0.3 is 9.67 Å². The fraction of sp³-hybridized carbons (Fsp3) is 0.273. The van der Waals surface area contributed by atoms with E-state index in [1.54, 1.807) is 6.07 Å². The first-order chi connectivity index (χ1) is 7.63. The Hall–Kier alpha value is -1.62. The number of nitrogens with one attached hydrogen (secondary N) is 1. The highest BCUT2D eigenvalue weighted by atomic mass is 32.1. The standard InChI is InChI=1S/C11H13N3OS/c1-3-14-10(12-13-11(14)16)8-4-5-9(15)7(2)6-8/h4-6,15H,3H2,1-2H3,(H,13,16). The third-order valence-corrected chi connectivity index (χ3v) is 2.84. The molecule has 4 nitrogen and oxygen atoms in total. The summed E-state index contributed by atoms with van der Waals surface area (Å²) in [7, 11) is 0. The number of rotatable bonds is 2. The minimum Gasteiger partial charge on any atom is -0.508 e. The summed E-state index contributed by atoms with van der Waals surface area (Å²) < 4.78 is 2.53. The summed E-state index contributed by atoms with van der Waals surface area (Å²) >= 11 is 5.13. The predicted octanol–water partition coefficient (Wildman–Crippen LogP) is 2.64. The monoisotopic (exact) mass is 235 g/mol. The maximum atomic E-state index is 9.47. The summed E-state index contributed by atoms with van der Waals surface area (Å²) in [6.45, 7) is 4.64. The van der Waals surface area contributed by atoms with E-state index in [1.165, 1.54) is 0 Å². The van der Waals surface area contributed by atoms with Gasteiger partial charge in [-0.2, -0.15) is 5.10 Å². The molecule has 0 spiro atoms. The van der Waals surface area contributed by atoms with Gasteiger partial charge in [-0.15, -0.1) is 0 Å². The van der Waals surface area contributed by atoms with Crippen LogP contribution < -0.4 is 0 Å². The van der Waals surface area contributed by atoms with E-state index in [-0.39, 0.29) is 0 Å². The Balaban J connectivity index is 2.58. The minimum atomic E-state index is 0.293. The highest BCUT2D eigenvalue weighted by molar-refractivity contribution is 7.71. The van der Waals surface area contributed by atoms with Gasteiger partial charge in [0.2, 0.25) is 0 Å². The largest absolute Gasteiger partial charge is 0.508 e. The molecule has 1 aromatic heterocycles. The number of nitrogens with zero attached hydrogens (tertiary/aromatic N) is 2. The Morgan fingerprint density at radius 3 is 2.88 bits per heavy atom. The van der Waals surface area contributed by atoms with Crippen molar-refractivity contribution in [3.63, 3.8) is 0 Å². The van der Waals surface area contributed by atoms with Gasteiger partial charge in [0.05, 0.1) is 0 Å². The lowest BCUT2D eigenvalue weighted by Gasteiger charge is -2.05. The normalized spacial score (nSPS) is 10.6. The molecule has 0 bridgehead atoms. The van der Waals surface area contributed by atoms with Crippen molar-refractivity contribution in [1.29, 1.82) is 0 Å². The first-order valence-corrected chi connectivity index (χ1v) is 5.49. The molecule has 2 rings (SSSR count). The number of phenols is 1. The lowest BCUT2D eigenvalue weighted by atomic mass is 10.1. The zero-order valence-electron chi connectivity index (χ0n) is 9.19. The zero-order chi connectivity index (χ0) is 11.7. The second kappa shape index (κ2) is 4.09. The molecule has 84 valence electrons. The summed E-state index contributed by atoms with van der Waals surface area (Å²) in [6.07, 6.45) is 0. The fourth-order valence-electron chi connectivity index (χ4n) is 1.63. The molecule has 0 saturated carbocycles. The molecule has 0 amide bonds. The first-order valence-electron chi connectivity index (χ1n) is 5.08. The zero-order valence-corrected chi connectivity index (χ0v) is 10.0. The molecule has 0 fully saturated rings. The van der Waals surface area contributed by atoms with Crippen LogP contribution in [0.4, 0.5) is 0 Å². The fourth-order valence-corrected chi connectivity index (χ4v) is 1.89. The van der Waals surface area contributed by atoms with Gasteiger partial charge >= 0.3 is 0 Å².